The number of para-hydroxylation sites is 1. The van der Waals surface area contributed by atoms with E-state index in [9.17, 15) is 22.4 Å². The predicted octanol–water partition coefficient (Wildman–Crippen LogP) is 5.29. The molecule has 0 radical (unpaired) electrons. The van der Waals surface area contributed by atoms with Gasteiger partial charge in [-0.25, -0.2) is 14.2 Å². The Morgan fingerprint density at radius 3 is 2.59 bits per heavy atom. The highest BCUT2D eigenvalue weighted by molar-refractivity contribution is 5.81. The normalized spacial score (nSPS) is 18.4. The maximum Gasteiger partial charge on any atom is 0.416 e. The molecule has 2 aliphatic rings. The van der Waals surface area contributed by atoms with Gasteiger partial charge in [0.15, 0.2) is 0 Å². The lowest BCUT2D eigenvalue weighted by Gasteiger charge is -2.23. The molecule has 2 aliphatic heterocycles. The van der Waals surface area contributed by atoms with Crippen LogP contribution in [-0.2, 0) is 12.7 Å². The minimum absolute atomic E-state index is 0.0205. The van der Waals surface area contributed by atoms with Gasteiger partial charge in [-0.05, 0) is 68.6 Å². The summed E-state index contributed by atoms with van der Waals surface area (Å²) in [5.41, 5.74) is 0.947. The van der Waals surface area contributed by atoms with Crippen LogP contribution in [0.5, 0.6) is 5.88 Å². The molecule has 11 heteroatoms. The first-order chi connectivity index (χ1) is 19.7. The van der Waals surface area contributed by atoms with Crippen molar-refractivity contribution in [2.24, 2.45) is 0 Å². The third-order valence-corrected chi connectivity index (χ3v) is 8.08. The Kier molecular flexibility index (Phi) is 7.23. The molecule has 7 nitrogen and oxygen atoms in total. The Morgan fingerprint density at radius 2 is 1.83 bits per heavy atom. The van der Waals surface area contributed by atoms with Crippen LogP contribution in [0.2, 0.25) is 0 Å². The van der Waals surface area contributed by atoms with Crippen LogP contribution in [0.3, 0.4) is 0 Å². The predicted molar refractivity (Wildman–Crippen MR) is 148 cm³/mol. The highest BCUT2D eigenvalue weighted by Gasteiger charge is 2.35. The topological polar surface area (TPSA) is 64.3 Å². The lowest BCUT2D eigenvalue weighted by Crippen LogP contribution is -2.34. The van der Waals surface area contributed by atoms with E-state index in [1.807, 2.05) is 17.9 Å². The Hall–Kier alpha value is -3.86. The van der Waals surface area contributed by atoms with Crippen LogP contribution in [0.4, 0.5) is 23.2 Å². The SMILES string of the molecule is Cc1cccc(F)c1N1CC[C@@H](n2c(=O)n(Cc3ccccc3C(F)(F)F)c3c(OC4CCNCC4)nccc32)C1. The number of hydrogen-bond donors (Lipinski definition) is 1. The van der Waals surface area contributed by atoms with Crippen LogP contribution < -0.4 is 20.6 Å². The molecule has 1 N–H and O–H groups in total. The summed E-state index contributed by atoms with van der Waals surface area (Å²) < 4.78 is 65.8. The van der Waals surface area contributed by atoms with Crippen molar-refractivity contribution in [2.45, 2.75) is 51.1 Å². The number of nitrogens with zero attached hydrogens (tertiary/aromatic N) is 4. The van der Waals surface area contributed by atoms with E-state index in [4.69, 9.17) is 4.74 Å². The first-order valence-electron chi connectivity index (χ1n) is 13.8. The molecule has 0 aliphatic carbocycles. The summed E-state index contributed by atoms with van der Waals surface area (Å²) in [6, 6.07) is 11.6. The summed E-state index contributed by atoms with van der Waals surface area (Å²) >= 11 is 0. The smallest absolute Gasteiger partial charge is 0.416 e. The van der Waals surface area contributed by atoms with Crippen LogP contribution in [0.25, 0.3) is 11.0 Å². The van der Waals surface area contributed by atoms with Gasteiger partial charge in [-0.2, -0.15) is 13.2 Å². The second-order valence-corrected chi connectivity index (χ2v) is 10.7. The van der Waals surface area contributed by atoms with Gasteiger partial charge in [-0.1, -0.05) is 30.3 Å². The van der Waals surface area contributed by atoms with Gasteiger partial charge in [0, 0.05) is 19.3 Å². The van der Waals surface area contributed by atoms with Crippen LogP contribution in [0.1, 0.15) is 42.0 Å². The largest absolute Gasteiger partial charge is 0.473 e. The molecular formula is C30H31F4N5O2. The lowest BCUT2D eigenvalue weighted by atomic mass is 10.1. The maximum absolute atomic E-state index is 14.8. The Labute approximate surface area is 234 Å². The number of nitrogens with one attached hydrogen (secondary N) is 1. The Bertz CT molecular complexity index is 1600. The number of alkyl halides is 3. The average Bonchev–Trinajstić information content (AvgIpc) is 3.52. The highest BCUT2D eigenvalue weighted by atomic mass is 19.4. The molecule has 0 amide bonds. The third-order valence-electron chi connectivity index (χ3n) is 8.08. The molecule has 2 aromatic carbocycles. The van der Waals surface area contributed by atoms with Crippen molar-refractivity contribution < 1.29 is 22.3 Å². The van der Waals surface area contributed by atoms with Crippen LogP contribution in [0.15, 0.2) is 59.5 Å². The van der Waals surface area contributed by atoms with Crippen molar-refractivity contribution in [3.63, 3.8) is 0 Å². The van der Waals surface area contributed by atoms with E-state index in [0.29, 0.717) is 36.2 Å². The molecule has 0 bridgehead atoms. The van der Waals surface area contributed by atoms with E-state index in [2.05, 4.69) is 10.3 Å². The number of benzene rings is 2. The molecule has 4 heterocycles. The maximum atomic E-state index is 14.8. The fourth-order valence-corrected chi connectivity index (χ4v) is 6.14. The van der Waals surface area contributed by atoms with Crippen molar-refractivity contribution in [3.8, 4) is 5.88 Å². The van der Waals surface area contributed by atoms with Crippen molar-refractivity contribution in [2.75, 3.05) is 31.1 Å². The van der Waals surface area contributed by atoms with E-state index in [1.54, 1.807) is 22.9 Å². The minimum atomic E-state index is -4.57. The van der Waals surface area contributed by atoms with Gasteiger partial charge in [0.25, 0.3) is 0 Å². The number of halogens is 4. The Balaban J connectivity index is 1.46. The fraction of sp³-hybridized carbons (Fsp3) is 0.400. The lowest BCUT2D eigenvalue weighted by molar-refractivity contribution is -0.138. The number of rotatable bonds is 6. The summed E-state index contributed by atoms with van der Waals surface area (Å²) in [5.74, 6) is -0.0967. The molecule has 1 atom stereocenters. The van der Waals surface area contributed by atoms with Crippen molar-refractivity contribution in [1.29, 1.82) is 0 Å². The second-order valence-electron chi connectivity index (χ2n) is 10.7. The first kappa shape index (κ1) is 27.3. The van der Waals surface area contributed by atoms with Crippen LogP contribution >= 0.6 is 0 Å². The molecule has 216 valence electrons. The summed E-state index contributed by atoms with van der Waals surface area (Å²) in [5, 5.41) is 3.28. The molecule has 2 fully saturated rings. The zero-order chi connectivity index (χ0) is 28.7. The van der Waals surface area contributed by atoms with Crippen molar-refractivity contribution in [3.05, 3.63) is 87.7 Å². The average molecular weight is 570 g/mol. The van der Waals surface area contributed by atoms with E-state index in [1.165, 1.54) is 28.8 Å². The Morgan fingerprint density at radius 1 is 1.05 bits per heavy atom. The van der Waals surface area contributed by atoms with Gasteiger partial charge in [-0.15, -0.1) is 0 Å². The van der Waals surface area contributed by atoms with Gasteiger partial charge in [-0.3, -0.25) is 9.13 Å². The zero-order valence-corrected chi connectivity index (χ0v) is 22.6. The number of anilines is 1. The fourth-order valence-electron chi connectivity index (χ4n) is 6.14. The molecule has 2 aromatic heterocycles. The highest BCUT2D eigenvalue weighted by Crippen LogP contribution is 2.36. The second kappa shape index (κ2) is 10.8. The number of ether oxygens (including phenoxy) is 1. The zero-order valence-electron chi connectivity index (χ0n) is 22.6. The van der Waals surface area contributed by atoms with E-state index >= 15 is 0 Å². The molecule has 4 aromatic rings. The number of pyridine rings is 1. The molecule has 2 saturated heterocycles. The first-order valence-corrected chi connectivity index (χ1v) is 13.8. The number of aryl methyl sites for hydroxylation is 1. The molecule has 41 heavy (non-hydrogen) atoms. The van der Waals surface area contributed by atoms with Gasteiger partial charge in [0.05, 0.1) is 29.4 Å². The quantitative estimate of drug-likeness (QED) is 0.320. The van der Waals surface area contributed by atoms with Crippen LogP contribution in [0, 0.1) is 12.7 Å². The van der Waals surface area contributed by atoms with E-state index in [0.717, 1.165) is 37.6 Å². The van der Waals surface area contributed by atoms with E-state index < -0.39 is 17.4 Å². The third kappa shape index (κ3) is 5.18. The van der Waals surface area contributed by atoms with E-state index in [-0.39, 0.29) is 36.0 Å². The summed E-state index contributed by atoms with van der Waals surface area (Å²) in [6.07, 6.45) is -1.07. The number of imidazole rings is 1. The van der Waals surface area contributed by atoms with Crippen molar-refractivity contribution in [1.82, 2.24) is 19.4 Å². The standard InChI is InChI=1S/C30H31F4N5O2/c1-19-5-4-8-24(31)26(19)37-16-12-21(18-37)39-25-11-15-36-28(41-22-9-13-35-14-10-22)27(25)38(29(39)40)17-20-6-2-3-7-23(20)30(32,33)34/h2-8,11,15,21-22,35H,9-10,12-14,16-18H2,1H3/t21-/m1/s1. The van der Waals surface area contributed by atoms with Gasteiger partial charge in [0.2, 0.25) is 5.88 Å². The molecule has 0 saturated carbocycles. The number of hydrogen-bond acceptors (Lipinski definition) is 5. The molecule has 0 spiro atoms. The molecule has 6 rings (SSSR count). The molecule has 0 unspecified atom stereocenters. The number of aromatic nitrogens is 3. The molecular weight excluding hydrogens is 538 g/mol. The van der Waals surface area contributed by atoms with Gasteiger partial charge in [0.1, 0.15) is 17.4 Å². The number of piperidine rings is 1. The van der Waals surface area contributed by atoms with Crippen LogP contribution in [-0.4, -0.2) is 46.4 Å². The minimum Gasteiger partial charge on any atom is -0.473 e. The summed E-state index contributed by atoms with van der Waals surface area (Å²) in [4.78, 5) is 20.5. The van der Waals surface area contributed by atoms with Gasteiger partial charge >= 0.3 is 11.9 Å². The van der Waals surface area contributed by atoms with Gasteiger partial charge < -0.3 is 15.0 Å². The number of fused-ring (bicyclic) bond motifs is 1. The van der Waals surface area contributed by atoms with Crippen molar-refractivity contribution >= 4 is 16.7 Å². The summed E-state index contributed by atoms with van der Waals surface area (Å²) in [7, 11) is 0. The summed E-state index contributed by atoms with van der Waals surface area (Å²) in [6.45, 7) is 4.02. The monoisotopic (exact) mass is 569 g/mol.